The lowest BCUT2D eigenvalue weighted by atomic mass is 10.00. The van der Waals surface area contributed by atoms with Crippen molar-refractivity contribution in [2.75, 3.05) is 6.54 Å². The van der Waals surface area contributed by atoms with Crippen molar-refractivity contribution in [3.63, 3.8) is 0 Å². The minimum absolute atomic E-state index is 0.0491. The number of hydrogen-bond donors (Lipinski definition) is 2. The zero-order chi connectivity index (χ0) is 17.8. The van der Waals surface area contributed by atoms with Gasteiger partial charge in [-0.25, -0.2) is 8.78 Å². The highest BCUT2D eigenvalue weighted by Crippen LogP contribution is 2.28. The molecule has 0 aliphatic heterocycles. The van der Waals surface area contributed by atoms with Gasteiger partial charge < -0.3 is 10.4 Å². The minimum atomic E-state index is -1.08. The van der Waals surface area contributed by atoms with Crippen LogP contribution in [0.25, 0.3) is 0 Å². The number of aliphatic hydroxyl groups excluding tert-OH is 1. The van der Waals surface area contributed by atoms with Crippen LogP contribution >= 0.6 is 11.3 Å². The summed E-state index contributed by atoms with van der Waals surface area (Å²) in [5.74, 6) is -2.21. The largest absolute Gasteiger partial charge is 0.387 e. The number of hydrogen-bond acceptors (Lipinski definition) is 3. The van der Waals surface area contributed by atoms with Gasteiger partial charge in [-0.1, -0.05) is 18.9 Å². The molecule has 1 aliphatic carbocycles. The smallest absolute Gasteiger partial charge is 0.261 e. The van der Waals surface area contributed by atoms with Gasteiger partial charge in [-0.15, -0.1) is 11.3 Å². The van der Waals surface area contributed by atoms with Crippen molar-refractivity contribution in [3.05, 3.63) is 56.8 Å². The standard InChI is InChI=1S/C19H21F2NO2S/c20-14-8-7-12(9-15(14)21)16(23)11-22-19(24)18-10-13-5-3-1-2-4-6-17(13)25-18/h7-10,16,23H,1-6,11H2,(H,22,24). The summed E-state index contributed by atoms with van der Waals surface area (Å²) in [5.41, 5.74) is 1.49. The third kappa shape index (κ3) is 4.44. The van der Waals surface area contributed by atoms with E-state index in [9.17, 15) is 18.7 Å². The Bertz CT molecular complexity index is 734. The summed E-state index contributed by atoms with van der Waals surface area (Å²) in [7, 11) is 0. The van der Waals surface area contributed by atoms with Crippen LogP contribution in [0.3, 0.4) is 0 Å². The fraction of sp³-hybridized carbons (Fsp3) is 0.421. The number of nitrogens with one attached hydrogen (secondary N) is 1. The van der Waals surface area contributed by atoms with Crippen molar-refractivity contribution in [1.82, 2.24) is 5.32 Å². The Morgan fingerprint density at radius 2 is 1.88 bits per heavy atom. The van der Waals surface area contributed by atoms with Crippen LogP contribution in [0, 0.1) is 11.6 Å². The van der Waals surface area contributed by atoms with Crippen molar-refractivity contribution in [1.29, 1.82) is 0 Å². The molecule has 0 bridgehead atoms. The average Bonchev–Trinajstić information content (AvgIpc) is 2.97. The number of rotatable bonds is 4. The Morgan fingerprint density at radius 1 is 1.12 bits per heavy atom. The van der Waals surface area contributed by atoms with Gasteiger partial charge in [0.1, 0.15) is 0 Å². The molecule has 0 saturated heterocycles. The fourth-order valence-corrected chi connectivity index (χ4v) is 4.24. The molecule has 0 radical (unpaired) electrons. The summed E-state index contributed by atoms with van der Waals surface area (Å²) in [4.78, 5) is 14.3. The molecule has 3 nitrogen and oxygen atoms in total. The number of thiophene rings is 1. The first-order chi connectivity index (χ1) is 12.0. The number of aliphatic hydroxyl groups is 1. The van der Waals surface area contributed by atoms with Crippen molar-refractivity contribution in [2.24, 2.45) is 0 Å². The molecule has 3 rings (SSSR count). The highest BCUT2D eigenvalue weighted by atomic mass is 32.1. The van der Waals surface area contributed by atoms with Crippen LogP contribution in [-0.2, 0) is 12.8 Å². The van der Waals surface area contributed by atoms with E-state index >= 15 is 0 Å². The van der Waals surface area contributed by atoms with E-state index in [0.29, 0.717) is 4.88 Å². The third-order valence-corrected chi connectivity index (χ3v) is 5.74. The van der Waals surface area contributed by atoms with Crippen LogP contribution in [-0.4, -0.2) is 17.6 Å². The molecule has 1 aliphatic rings. The van der Waals surface area contributed by atoms with Gasteiger partial charge >= 0.3 is 0 Å². The highest BCUT2D eigenvalue weighted by molar-refractivity contribution is 7.14. The normalized spacial score (nSPS) is 15.8. The van der Waals surface area contributed by atoms with E-state index < -0.39 is 17.7 Å². The predicted octanol–water partition coefficient (Wildman–Crippen LogP) is 4.15. The SMILES string of the molecule is O=C(NCC(O)c1ccc(F)c(F)c1)c1cc2c(s1)CCCCCC2. The van der Waals surface area contributed by atoms with Crippen LogP contribution in [0.15, 0.2) is 24.3 Å². The maximum atomic E-state index is 13.2. The molecule has 1 amide bonds. The number of carbonyl (C=O) groups is 1. The Labute approximate surface area is 149 Å². The molecule has 0 saturated carbocycles. The average molecular weight is 365 g/mol. The molecule has 1 heterocycles. The second kappa shape index (κ2) is 8.06. The van der Waals surface area contributed by atoms with Crippen LogP contribution in [0.4, 0.5) is 8.78 Å². The monoisotopic (exact) mass is 365 g/mol. The molecule has 2 aromatic rings. The van der Waals surface area contributed by atoms with Crippen LogP contribution in [0.2, 0.25) is 0 Å². The molecule has 134 valence electrons. The summed E-state index contributed by atoms with van der Waals surface area (Å²) in [5, 5.41) is 12.7. The molecule has 1 atom stereocenters. The van der Waals surface area contributed by atoms with Gasteiger partial charge in [0.05, 0.1) is 11.0 Å². The van der Waals surface area contributed by atoms with Gasteiger partial charge in [-0.3, -0.25) is 4.79 Å². The van der Waals surface area contributed by atoms with Crippen molar-refractivity contribution < 1.29 is 18.7 Å². The summed E-state index contributed by atoms with van der Waals surface area (Å²) >= 11 is 1.51. The molecular weight excluding hydrogens is 344 g/mol. The first-order valence-corrected chi connectivity index (χ1v) is 9.39. The lowest BCUT2D eigenvalue weighted by Gasteiger charge is -2.12. The Kier molecular flexibility index (Phi) is 5.81. The number of amides is 1. The summed E-state index contributed by atoms with van der Waals surface area (Å²) in [6, 6.07) is 5.18. The van der Waals surface area contributed by atoms with Crippen LogP contribution in [0.5, 0.6) is 0 Å². The zero-order valence-electron chi connectivity index (χ0n) is 13.9. The maximum Gasteiger partial charge on any atom is 0.261 e. The van der Waals surface area contributed by atoms with Gasteiger partial charge in [-0.05, 0) is 55.0 Å². The summed E-state index contributed by atoms with van der Waals surface area (Å²) in [6.07, 6.45) is 5.72. The topological polar surface area (TPSA) is 49.3 Å². The highest BCUT2D eigenvalue weighted by Gasteiger charge is 2.17. The number of carbonyl (C=O) groups excluding carboxylic acids is 1. The maximum absolute atomic E-state index is 13.2. The molecule has 0 fully saturated rings. The second-order valence-corrected chi connectivity index (χ2v) is 7.51. The Morgan fingerprint density at radius 3 is 2.64 bits per heavy atom. The number of fused-ring (bicyclic) bond motifs is 1. The third-order valence-electron chi connectivity index (χ3n) is 4.50. The van der Waals surface area contributed by atoms with E-state index in [2.05, 4.69) is 5.32 Å². The quantitative estimate of drug-likeness (QED) is 0.855. The van der Waals surface area contributed by atoms with E-state index in [1.807, 2.05) is 6.07 Å². The van der Waals surface area contributed by atoms with Gasteiger partial charge in [0.2, 0.25) is 0 Å². The number of aryl methyl sites for hydroxylation is 2. The van der Waals surface area contributed by atoms with Crippen molar-refractivity contribution >= 4 is 17.2 Å². The molecule has 1 unspecified atom stereocenters. The lowest BCUT2D eigenvalue weighted by Crippen LogP contribution is -2.27. The molecule has 25 heavy (non-hydrogen) atoms. The molecule has 1 aromatic carbocycles. The van der Waals surface area contributed by atoms with Gasteiger partial charge in [0.25, 0.3) is 5.91 Å². The lowest BCUT2D eigenvalue weighted by molar-refractivity contribution is 0.0920. The Balaban J connectivity index is 1.62. The summed E-state index contributed by atoms with van der Waals surface area (Å²) in [6.45, 7) is -0.0491. The Hall–Kier alpha value is -1.79. The predicted molar refractivity (Wildman–Crippen MR) is 93.8 cm³/mol. The van der Waals surface area contributed by atoms with Gasteiger partial charge in [0, 0.05) is 11.4 Å². The first-order valence-electron chi connectivity index (χ1n) is 8.57. The zero-order valence-corrected chi connectivity index (χ0v) is 14.7. The van der Waals surface area contributed by atoms with E-state index in [0.717, 1.165) is 37.8 Å². The first kappa shape index (κ1) is 18.0. The second-order valence-electron chi connectivity index (χ2n) is 6.37. The van der Waals surface area contributed by atoms with E-state index in [4.69, 9.17) is 0 Å². The van der Waals surface area contributed by atoms with E-state index in [-0.39, 0.29) is 18.0 Å². The molecule has 2 N–H and O–H groups in total. The number of benzene rings is 1. The van der Waals surface area contributed by atoms with E-state index in [1.165, 1.54) is 40.7 Å². The van der Waals surface area contributed by atoms with E-state index in [1.54, 1.807) is 0 Å². The minimum Gasteiger partial charge on any atom is -0.387 e. The van der Waals surface area contributed by atoms with Crippen molar-refractivity contribution in [2.45, 2.75) is 44.6 Å². The van der Waals surface area contributed by atoms with Crippen molar-refractivity contribution in [3.8, 4) is 0 Å². The molecule has 0 spiro atoms. The fourth-order valence-electron chi connectivity index (χ4n) is 3.07. The van der Waals surface area contributed by atoms with Gasteiger partial charge in [-0.2, -0.15) is 0 Å². The van der Waals surface area contributed by atoms with Gasteiger partial charge in [0.15, 0.2) is 11.6 Å². The summed E-state index contributed by atoms with van der Waals surface area (Å²) < 4.78 is 26.2. The van der Waals surface area contributed by atoms with Crippen LogP contribution < -0.4 is 5.32 Å². The number of halogens is 2. The molecular formula is C19H21F2NO2S. The molecule has 6 heteroatoms. The molecule has 1 aromatic heterocycles. The van der Waals surface area contributed by atoms with Crippen LogP contribution in [0.1, 0.15) is 57.5 Å².